The fourth-order valence-corrected chi connectivity index (χ4v) is 10.9. The van der Waals surface area contributed by atoms with Crippen molar-refractivity contribution in [1.82, 2.24) is 4.98 Å². The van der Waals surface area contributed by atoms with Crippen LogP contribution in [0.3, 0.4) is 0 Å². The second-order valence-corrected chi connectivity index (χ2v) is 14.9. The lowest BCUT2D eigenvalue weighted by Gasteiger charge is -2.43. The number of halogens is 1. The third-order valence-corrected chi connectivity index (χ3v) is 12.1. The van der Waals surface area contributed by atoms with Gasteiger partial charge in [0.05, 0.1) is 36.3 Å². The Bertz CT molecular complexity index is 1570. The van der Waals surface area contributed by atoms with Crippen molar-refractivity contribution >= 4 is 64.4 Å². The lowest BCUT2D eigenvalue weighted by Crippen LogP contribution is -2.42. The van der Waals surface area contributed by atoms with Crippen molar-refractivity contribution in [2.24, 2.45) is 35.5 Å². The van der Waals surface area contributed by atoms with Gasteiger partial charge in [0.2, 0.25) is 11.8 Å². The molecular formula is C30H29ClN2O4S3. The van der Waals surface area contributed by atoms with Gasteiger partial charge in [0, 0.05) is 21.1 Å². The van der Waals surface area contributed by atoms with Crippen LogP contribution >= 0.6 is 46.9 Å². The van der Waals surface area contributed by atoms with E-state index in [0.717, 1.165) is 26.7 Å². The number of nitrogens with zero attached hydrogens (tertiary/aromatic N) is 1. The summed E-state index contributed by atoms with van der Waals surface area (Å²) < 4.78 is 12.6. The number of benzene rings is 2. The minimum Gasteiger partial charge on any atom is -0.493 e. The highest BCUT2D eigenvalue weighted by molar-refractivity contribution is 8.00. The number of aromatic amines is 1. The molecule has 10 heteroatoms. The molecular weight excluding hydrogens is 584 g/mol. The minimum atomic E-state index is -0.304. The Labute approximate surface area is 251 Å². The van der Waals surface area contributed by atoms with E-state index in [1.807, 2.05) is 17.8 Å². The van der Waals surface area contributed by atoms with E-state index in [9.17, 15) is 9.59 Å². The van der Waals surface area contributed by atoms with Crippen molar-refractivity contribution < 1.29 is 19.1 Å². The van der Waals surface area contributed by atoms with E-state index in [1.165, 1.54) is 9.78 Å². The summed E-state index contributed by atoms with van der Waals surface area (Å²) >= 11 is 15.1. The Kier molecular flexibility index (Phi) is 6.57. The van der Waals surface area contributed by atoms with Gasteiger partial charge in [0.25, 0.3) is 0 Å². The van der Waals surface area contributed by atoms with E-state index >= 15 is 0 Å². The van der Waals surface area contributed by atoms with E-state index in [2.05, 4.69) is 31.0 Å². The van der Waals surface area contributed by atoms with E-state index in [1.54, 1.807) is 42.7 Å². The van der Waals surface area contributed by atoms with Crippen LogP contribution in [0.15, 0.2) is 47.5 Å². The number of carbonyl (C=O) groups excluding carboxylic acids is 2. The van der Waals surface area contributed by atoms with Crippen molar-refractivity contribution in [3.8, 4) is 11.5 Å². The zero-order chi connectivity index (χ0) is 27.9. The lowest BCUT2D eigenvalue weighted by molar-refractivity contribution is -0.123. The first-order valence-electron chi connectivity index (χ1n) is 13.6. The standard InChI is InChI=1S/C30H29ClN2O4S3/c1-13(2)12-37-19-9-4-14(10-20(19)36-3)21-22-17-11-18(25(22)39-27-26(21)40-30(38)32-27)24-23(17)28(34)33(29(24)35)16-7-5-15(31)6-8-16/h4-10,13,17-18,21-25H,11-12H2,1-3H3,(H,32,38). The number of thiazole rings is 1. The van der Waals surface area contributed by atoms with Gasteiger partial charge in [-0.3, -0.25) is 14.5 Å². The molecule has 0 radical (unpaired) electrons. The number of aromatic nitrogens is 1. The van der Waals surface area contributed by atoms with Gasteiger partial charge in [-0.1, -0.05) is 31.5 Å². The molecule has 4 aliphatic rings. The van der Waals surface area contributed by atoms with Gasteiger partial charge in [-0.25, -0.2) is 0 Å². The van der Waals surface area contributed by atoms with Crippen LogP contribution in [-0.2, 0) is 9.59 Å². The molecule has 2 bridgehead atoms. The maximum atomic E-state index is 13.9. The van der Waals surface area contributed by atoms with Gasteiger partial charge in [-0.15, -0.1) is 23.1 Å². The zero-order valence-corrected chi connectivity index (χ0v) is 25.5. The monoisotopic (exact) mass is 612 g/mol. The summed E-state index contributed by atoms with van der Waals surface area (Å²) in [6.07, 6.45) is 0.891. The summed E-state index contributed by atoms with van der Waals surface area (Å²) in [5.74, 6) is 1.60. The van der Waals surface area contributed by atoms with E-state index in [0.29, 0.717) is 29.0 Å². The topological polar surface area (TPSA) is 71.6 Å². The fraction of sp³-hybridized carbons (Fsp3) is 0.433. The van der Waals surface area contributed by atoms with E-state index in [-0.39, 0.29) is 52.6 Å². The van der Waals surface area contributed by atoms with Crippen LogP contribution < -0.4 is 14.4 Å². The number of ether oxygens (including phenoxy) is 2. The second kappa shape index (κ2) is 9.89. The summed E-state index contributed by atoms with van der Waals surface area (Å²) in [5, 5.41) is 1.89. The fourth-order valence-electron chi connectivity index (χ4n) is 7.49. The smallest absolute Gasteiger partial charge is 0.238 e. The molecule has 1 N–H and O–H groups in total. The summed E-state index contributed by atoms with van der Waals surface area (Å²) in [5.41, 5.74) is 1.73. The molecule has 1 saturated heterocycles. The van der Waals surface area contributed by atoms with Crippen LogP contribution in [0.5, 0.6) is 11.5 Å². The largest absolute Gasteiger partial charge is 0.493 e. The number of thioether (sulfide) groups is 1. The van der Waals surface area contributed by atoms with Crippen LogP contribution in [0.25, 0.3) is 0 Å². The van der Waals surface area contributed by atoms with Gasteiger partial charge >= 0.3 is 0 Å². The first-order chi connectivity index (χ1) is 19.3. The Morgan fingerprint density at radius 3 is 2.50 bits per heavy atom. The normalized spacial score (nSPS) is 30.0. The molecule has 2 aliphatic heterocycles. The number of fused-ring (bicyclic) bond motifs is 9. The first-order valence-corrected chi connectivity index (χ1v) is 16.1. The maximum Gasteiger partial charge on any atom is 0.238 e. The number of hydrogen-bond donors (Lipinski definition) is 1. The summed E-state index contributed by atoms with van der Waals surface area (Å²) in [6, 6.07) is 13.2. The molecule has 7 rings (SSSR count). The number of rotatable bonds is 6. The highest BCUT2D eigenvalue weighted by atomic mass is 35.5. The third-order valence-electron chi connectivity index (χ3n) is 8.93. The minimum absolute atomic E-state index is 0.0516. The molecule has 40 heavy (non-hydrogen) atoms. The molecule has 2 aliphatic carbocycles. The third kappa shape index (κ3) is 3.99. The molecule has 1 aromatic heterocycles. The number of amides is 2. The molecule has 6 nitrogen and oxygen atoms in total. The average Bonchev–Trinajstić information content (AvgIpc) is 3.67. The number of nitrogens with one attached hydrogen (secondary N) is 1. The van der Waals surface area contributed by atoms with Crippen LogP contribution in [0, 0.1) is 39.5 Å². The van der Waals surface area contributed by atoms with E-state index < -0.39 is 0 Å². The number of carbonyl (C=O) groups is 2. The SMILES string of the molecule is COc1cc(C2c3sc(=S)[nH]c3SC3C4CC(C5C(=O)N(c6ccc(Cl)cc6)C(=O)C45)C23)ccc1OCC(C)C. The Hall–Kier alpha value is -2.33. The molecule has 3 heterocycles. The van der Waals surface area contributed by atoms with Gasteiger partial charge in [-0.2, -0.15) is 0 Å². The van der Waals surface area contributed by atoms with Gasteiger partial charge in [0.1, 0.15) is 0 Å². The zero-order valence-electron chi connectivity index (χ0n) is 22.3. The predicted octanol–water partition coefficient (Wildman–Crippen LogP) is 7.18. The van der Waals surface area contributed by atoms with Gasteiger partial charge < -0.3 is 14.5 Å². The summed E-state index contributed by atoms with van der Waals surface area (Å²) in [7, 11) is 1.67. The van der Waals surface area contributed by atoms with Crippen molar-refractivity contribution in [3.63, 3.8) is 0 Å². The molecule has 7 atom stereocenters. The van der Waals surface area contributed by atoms with E-state index in [4.69, 9.17) is 33.3 Å². The van der Waals surface area contributed by atoms with Crippen LogP contribution in [0.2, 0.25) is 5.02 Å². The molecule has 3 aromatic rings. The quantitative estimate of drug-likeness (QED) is 0.235. The summed E-state index contributed by atoms with van der Waals surface area (Å²) in [4.78, 5) is 33.8. The number of imide groups is 1. The Morgan fingerprint density at radius 2 is 1.80 bits per heavy atom. The molecule has 208 valence electrons. The number of H-pyrrole nitrogens is 1. The van der Waals surface area contributed by atoms with Crippen molar-refractivity contribution in [1.29, 1.82) is 0 Å². The number of anilines is 1. The molecule has 2 amide bonds. The highest BCUT2D eigenvalue weighted by Gasteiger charge is 2.69. The molecule has 0 spiro atoms. The van der Waals surface area contributed by atoms with Crippen LogP contribution in [0.4, 0.5) is 5.69 Å². The highest BCUT2D eigenvalue weighted by Crippen LogP contribution is 2.69. The molecule has 3 fully saturated rings. The Morgan fingerprint density at radius 1 is 1.07 bits per heavy atom. The van der Waals surface area contributed by atoms with Crippen molar-refractivity contribution in [3.05, 3.63) is 61.9 Å². The van der Waals surface area contributed by atoms with Crippen LogP contribution in [0.1, 0.15) is 36.6 Å². The van der Waals surface area contributed by atoms with Crippen molar-refractivity contribution in [2.75, 3.05) is 18.6 Å². The van der Waals surface area contributed by atoms with Crippen molar-refractivity contribution in [2.45, 2.75) is 36.5 Å². The van der Waals surface area contributed by atoms with Gasteiger partial charge in [0.15, 0.2) is 15.5 Å². The predicted molar refractivity (Wildman–Crippen MR) is 160 cm³/mol. The van der Waals surface area contributed by atoms with Crippen LogP contribution in [-0.4, -0.2) is 35.8 Å². The Balaban J connectivity index is 1.28. The molecule has 2 aromatic carbocycles. The maximum absolute atomic E-state index is 13.9. The summed E-state index contributed by atoms with van der Waals surface area (Å²) in [6.45, 7) is 4.84. The lowest BCUT2D eigenvalue weighted by atomic mass is 9.68. The van der Waals surface area contributed by atoms with Gasteiger partial charge in [-0.05, 0) is 84.3 Å². The number of methoxy groups -OCH3 is 1. The molecule has 2 saturated carbocycles. The first kappa shape index (κ1) is 26.6. The second-order valence-electron chi connectivity index (χ2n) is 11.6. The number of hydrogen-bond acceptors (Lipinski definition) is 7. The molecule has 7 unspecified atom stereocenters. The average molecular weight is 613 g/mol.